The third kappa shape index (κ3) is 3.58. The van der Waals surface area contributed by atoms with Crippen LogP contribution in [-0.2, 0) is 23.2 Å². The van der Waals surface area contributed by atoms with Gasteiger partial charge >= 0.3 is 6.18 Å². The Hall–Kier alpha value is -2.61. The van der Waals surface area contributed by atoms with Crippen LogP contribution in [0.5, 0.6) is 0 Å². The molecule has 136 valence electrons. The van der Waals surface area contributed by atoms with Gasteiger partial charge in [0.2, 0.25) is 16.0 Å². The molecule has 1 aromatic heterocycles. The summed E-state index contributed by atoms with van der Waals surface area (Å²) in [5.74, 6) is -3.52. The van der Waals surface area contributed by atoms with Crippen molar-refractivity contribution in [2.45, 2.75) is 11.1 Å². The summed E-state index contributed by atoms with van der Waals surface area (Å²) in [6.45, 7) is 0. The summed E-state index contributed by atoms with van der Waals surface area (Å²) in [4.78, 5) is 10.8. The molecule has 9 nitrogen and oxygen atoms in total. The molecule has 0 bridgehead atoms. The molecule has 2 N–H and O–H groups in total. The van der Waals surface area contributed by atoms with E-state index in [1.807, 2.05) is 0 Å². The fourth-order valence-electron chi connectivity index (χ4n) is 1.82. The maximum Gasteiger partial charge on any atom is 0.419 e. The van der Waals surface area contributed by atoms with Gasteiger partial charge in [-0.1, -0.05) is 5.10 Å². The number of benzene rings is 1. The monoisotopic (exact) mass is 382 g/mol. The average Bonchev–Trinajstić information content (AvgIpc) is 2.90. The Kier molecular flexibility index (Phi) is 4.76. The molecule has 0 aliphatic carbocycles. The van der Waals surface area contributed by atoms with Crippen molar-refractivity contribution in [1.29, 1.82) is 0 Å². The van der Waals surface area contributed by atoms with Gasteiger partial charge < -0.3 is 0 Å². The molecule has 1 aromatic carbocycles. The Balaban J connectivity index is 2.64. The number of sulfonamides is 1. The van der Waals surface area contributed by atoms with Crippen LogP contribution < -0.4 is 10.0 Å². The third-order valence-corrected chi connectivity index (χ3v) is 4.50. The molecule has 25 heavy (non-hydrogen) atoms. The molecule has 2 aromatic rings. The number of aromatic nitrogens is 4. The first-order valence-electron chi connectivity index (χ1n) is 6.36. The van der Waals surface area contributed by atoms with E-state index in [1.165, 1.54) is 7.05 Å². The normalized spacial score (nSPS) is 12.2. The van der Waals surface area contributed by atoms with Gasteiger partial charge in [-0.2, -0.15) is 13.2 Å². The van der Waals surface area contributed by atoms with E-state index in [0.717, 1.165) is 11.7 Å². The van der Waals surface area contributed by atoms with Crippen LogP contribution in [0.1, 0.15) is 15.9 Å². The average molecular weight is 382 g/mol. The van der Waals surface area contributed by atoms with Crippen molar-refractivity contribution in [3.05, 3.63) is 29.1 Å². The smallest absolute Gasteiger partial charge is 0.289 e. The minimum absolute atomic E-state index is 0.224. The summed E-state index contributed by atoms with van der Waals surface area (Å²) < 4.78 is 79.3. The van der Waals surface area contributed by atoms with E-state index in [1.54, 1.807) is 4.72 Å². The van der Waals surface area contributed by atoms with Crippen LogP contribution in [0.25, 0.3) is 0 Å². The van der Waals surface area contributed by atoms with Crippen LogP contribution in [0.4, 0.5) is 23.5 Å². The second-order valence-corrected chi connectivity index (χ2v) is 6.41. The largest absolute Gasteiger partial charge is 0.419 e. The zero-order valence-corrected chi connectivity index (χ0v) is 13.4. The van der Waals surface area contributed by atoms with Crippen LogP contribution >= 0.6 is 0 Å². The van der Waals surface area contributed by atoms with E-state index >= 15 is 0 Å². The van der Waals surface area contributed by atoms with E-state index in [9.17, 15) is 30.8 Å². The first kappa shape index (κ1) is 18.7. The summed E-state index contributed by atoms with van der Waals surface area (Å²) in [6, 6.07) is 0.823. The van der Waals surface area contributed by atoms with Gasteiger partial charge in [0.15, 0.2) is 5.82 Å². The van der Waals surface area contributed by atoms with Crippen molar-refractivity contribution in [3.63, 3.8) is 0 Å². The Bertz CT molecular complexity index is 924. The molecule has 0 saturated heterocycles. The Morgan fingerprint density at radius 1 is 1.28 bits per heavy atom. The van der Waals surface area contributed by atoms with Crippen molar-refractivity contribution in [3.8, 4) is 0 Å². The molecular weight excluding hydrogens is 372 g/mol. The van der Waals surface area contributed by atoms with Gasteiger partial charge in [-0.05, 0) is 29.6 Å². The first-order valence-corrected chi connectivity index (χ1v) is 7.84. The predicted octanol–water partition coefficient (Wildman–Crippen LogP) is 0.528. The summed E-state index contributed by atoms with van der Waals surface area (Å²) in [5, 5.41) is 12.1. The highest BCUT2D eigenvalue weighted by atomic mass is 32.2. The molecule has 1 amide bonds. The van der Waals surface area contributed by atoms with Gasteiger partial charge in [-0.25, -0.2) is 22.2 Å². The highest BCUT2D eigenvalue weighted by Gasteiger charge is 2.39. The standard InChI is InChI=1S/C11H10F4N6O3S/c1-16-25(23,24)8-5(3-4-6(7(8)12)11(13,14)15)9(22)17-10-18-19-20-21(10)2/h3-4,16H,1-2H3,(H,17,18,20,22). The summed E-state index contributed by atoms with van der Waals surface area (Å²) in [5.41, 5.74) is -2.67. The number of carbonyl (C=O) groups excluding carboxylic acids is 1. The van der Waals surface area contributed by atoms with E-state index in [-0.39, 0.29) is 12.0 Å². The number of amides is 1. The topological polar surface area (TPSA) is 119 Å². The number of alkyl halides is 3. The van der Waals surface area contributed by atoms with Crippen LogP contribution in [0, 0.1) is 5.82 Å². The van der Waals surface area contributed by atoms with E-state index in [2.05, 4.69) is 20.8 Å². The minimum atomic E-state index is -5.15. The fourth-order valence-corrected chi connectivity index (χ4v) is 2.82. The molecule has 0 atom stereocenters. The number of carbonyl (C=O) groups is 1. The number of halogens is 4. The summed E-state index contributed by atoms with van der Waals surface area (Å²) in [7, 11) is -2.51. The summed E-state index contributed by atoms with van der Waals surface area (Å²) >= 11 is 0. The third-order valence-electron chi connectivity index (χ3n) is 3.03. The van der Waals surface area contributed by atoms with Gasteiger partial charge in [0.05, 0.1) is 11.1 Å². The van der Waals surface area contributed by atoms with Crippen LogP contribution in [0.3, 0.4) is 0 Å². The molecule has 0 aliphatic rings. The number of hydrogen-bond donors (Lipinski definition) is 2. The molecule has 14 heteroatoms. The Morgan fingerprint density at radius 2 is 1.92 bits per heavy atom. The molecule has 0 unspecified atom stereocenters. The number of nitrogens with one attached hydrogen (secondary N) is 2. The van der Waals surface area contributed by atoms with Gasteiger partial charge in [0.25, 0.3) is 5.91 Å². The predicted molar refractivity (Wildman–Crippen MR) is 74.4 cm³/mol. The number of rotatable bonds is 4. The SMILES string of the molecule is CNS(=O)(=O)c1c(C(=O)Nc2nnnn2C)ccc(C(F)(F)F)c1F. The molecule has 0 aliphatic heterocycles. The maximum absolute atomic E-state index is 14.3. The number of nitrogens with zero attached hydrogens (tertiary/aromatic N) is 4. The second-order valence-electron chi connectivity index (χ2n) is 4.59. The lowest BCUT2D eigenvalue weighted by Crippen LogP contribution is -2.27. The van der Waals surface area contributed by atoms with Crippen molar-refractivity contribution < 1.29 is 30.8 Å². The van der Waals surface area contributed by atoms with Gasteiger partial charge in [-0.15, -0.1) is 0 Å². The van der Waals surface area contributed by atoms with Crippen molar-refractivity contribution in [2.75, 3.05) is 12.4 Å². The number of tetrazole rings is 1. The van der Waals surface area contributed by atoms with Gasteiger partial charge in [-0.3, -0.25) is 10.1 Å². The summed E-state index contributed by atoms with van der Waals surface area (Å²) in [6.07, 6.45) is -5.15. The maximum atomic E-state index is 14.3. The fraction of sp³-hybridized carbons (Fsp3) is 0.273. The lowest BCUT2D eigenvalue weighted by Gasteiger charge is -2.15. The van der Waals surface area contributed by atoms with Crippen molar-refractivity contribution >= 4 is 21.9 Å². The molecule has 0 saturated carbocycles. The van der Waals surface area contributed by atoms with E-state index in [4.69, 9.17) is 0 Å². The number of aryl methyl sites for hydroxylation is 1. The highest BCUT2D eigenvalue weighted by Crippen LogP contribution is 2.35. The highest BCUT2D eigenvalue weighted by molar-refractivity contribution is 7.89. The van der Waals surface area contributed by atoms with Crippen LogP contribution in [0.15, 0.2) is 17.0 Å². The van der Waals surface area contributed by atoms with Gasteiger partial charge in [0, 0.05) is 7.05 Å². The lowest BCUT2D eigenvalue weighted by atomic mass is 10.1. The quantitative estimate of drug-likeness (QED) is 0.745. The van der Waals surface area contributed by atoms with Crippen LogP contribution in [-0.4, -0.2) is 41.6 Å². The Morgan fingerprint density at radius 3 is 2.40 bits per heavy atom. The Labute approximate surface area is 138 Å². The molecule has 0 fully saturated rings. The van der Waals surface area contributed by atoms with E-state index in [0.29, 0.717) is 6.07 Å². The first-order chi connectivity index (χ1) is 11.5. The van der Waals surface area contributed by atoms with Gasteiger partial charge in [0.1, 0.15) is 4.90 Å². The molecule has 2 rings (SSSR count). The van der Waals surface area contributed by atoms with Crippen LogP contribution in [0.2, 0.25) is 0 Å². The van der Waals surface area contributed by atoms with E-state index < -0.39 is 43.9 Å². The zero-order valence-electron chi connectivity index (χ0n) is 12.6. The van der Waals surface area contributed by atoms with Crippen molar-refractivity contribution in [2.24, 2.45) is 7.05 Å². The number of hydrogen-bond acceptors (Lipinski definition) is 6. The molecular formula is C11H10F4N6O3S. The zero-order chi connectivity index (χ0) is 19.0. The minimum Gasteiger partial charge on any atom is -0.289 e. The molecule has 0 radical (unpaired) electrons. The van der Waals surface area contributed by atoms with Crippen molar-refractivity contribution in [1.82, 2.24) is 24.9 Å². The lowest BCUT2D eigenvalue weighted by molar-refractivity contribution is -0.140. The number of anilines is 1. The molecule has 1 heterocycles. The molecule has 0 spiro atoms. The second kappa shape index (κ2) is 6.36.